The van der Waals surface area contributed by atoms with E-state index in [1.54, 1.807) is 30.3 Å². The van der Waals surface area contributed by atoms with Gasteiger partial charge in [-0.15, -0.1) is 0 Å². The number of benzene rings is 2. The Bertz CT molecular complexity index is 937. The largest absolute Gasteiger partial charge is 0.435 e. The number of aliphatic imine (C=N–C) groups is 1. The maximum atomic E-state index is 12.3. The molecule has 0 aliphatic carbocycles. The van der Waals surface area contributed by atoms with Gasteiger partial charge in [-0.1, -0.05) is 18.2 Å². The van der Waals surface area contributed by atoms with Crippen LogP contribution in [0.25, 0.3) is 6.08 Å². The molecule has 0 radical (unpaired) electrons. The van der Waals surface area contributed by atoms with E-state index < -0.39 is 12.6 Å². The first-order valence-corrected chi connectivity index (χ1v) is 7.86. The number of ether oxygens (including phenoxy) is 2. The highest BCUT2D eigenvalue weighted by atomic mass is 19.3. The number of nitrogens with one attached hydrogen (secondary N) is 1. The van der Waals surface area contributed by atoms with Crippen molar-refractivity contribution in [3.63, 3.8) is 0 Å². The summed E-state index contributed by atoms with van der Waals surface area (Å²) in [6.07, 6.45) is 1.52. The molecule has 1 N–H and O–H groups in total. The molecule has 0 saturated carbocycles. The second-order valence-corrected chi connectivity index (χ2v) is 5.55. The van der Waals surface area contributed by atoms with Gasteiger partial charge in [-0.05, 0) is 42.0 Å². The predicted molar refractivity (Wildman–Crippen MR) is 94.4 cm³/mol. The molecule has 1 aliphatic rings. The Morgan fingerprint density at radius 1 is 1.22 bits per heavy atom. The van der Waals surface area contributed by atoms with Crippen LogP contribution in [0.1, 0.15) is 18.1 Å². The van der Waals surface area contributed by atoms with E-state index in [1.165, 1.54) is 31.2 Å². The van der Waals surface area contributed by atoms with Crippen molar-refractivity contribution < 1.29 is 27.8 Å². The number of nitrogens with zero attached hydrogens (tertiary/aromatic N) is 1. The molecular formula is C19H14F2N2O4. The standard InChI is InChI=1S/C19H14F2N2O4/c1-11(24)22-14-7-5-12(6-8-14)9-16-18(25)27-17(23-16)13-3-2-4-15(10-13)26-19(20)21/h2-10,19H,1H3,(H,22,24). The van der Waals surface area contributed by atoms with Crippen LogP contribution < -0.4 is 10.1 Å². The van der Waals surface area contributed by atoms with Crippen LogP contribution in [0.5, 0.6) is 5.75 Å². The van der Waals surface area contributed by atoms with Crippen molar-refractivity contribution >= 4 is 29.5 Å². The van der Waals surface area contributed by atoms with Gasteiger partial charge in [0.2, 0.25) is 11.8 Å². The number of hydrogen-bond acceptors (Lipinski definition) is 5. The molecule has 3 rings (SSSR count). The van der Waals surface area contributed by atoms with E-state index >= 15 is 0 Å². The van der Waals surface area contributed by atoms with Gasteiger partial charge in [0.1, 0.15) is 5.75 Å². The summed E-state index contributed by atoms with van der Waals surface area (Å²) in [6, 6.07) is 12.5. The van der Waals surface area contributed by atoms with E-state index in [-0.39, 0.29) is 23.3 Å². The molecule has 0 aromatic heterocycles. The van der Waals surface area contributed by atoms with E-state index in [9.17, 15) is 18.4 Å². The molecule has 1 amide bonds. The summed E-state index contributed by atoms with van der Waals surface area (Å²) in [5.41, 5.74) is 1.71. The molecule has 1 aliphatic heterocycles. The maximum absolute atomic E-state index is 12.3. The highest BCUT2D eigenvalue weighted by molar-refractivity contribution is 6.13. The fourth-order valence-electron chi connectivity index (χ4n) is 2.36. The monoisotopic (exact) mass is 372 g/mol. The van der Waals surface area contributed by atoms with Gasteiger partial charge < -0.3 is 14.8 Å². The highest BCUT2D eigenvalue weighted by Crippen LogP contribution is 2.23. The van der Waals surface area contributed by atoms with Crippen LogP contribution in [0, 0.1) is 0 Å². The van der Waals surface area contributed by atoms with Crippen LogP contribution in [0.2, 0.25) is 0 Å². The van der Waals surface area contributed by atoms with Crippen molar-refractivity contribution in [2.24, 2.45) is 4.99 Å². The Hall–Kier alpha value is -3.55. The van der Waals surface area contributed by atoms with E-state index in [0.29, 0.717) is 16.8 Å². The first-order chi connectivity index (χ1) is 12.9. The van der Waals surface area contributed by atoms with Gasteiger partial charge >= 0.3 is 12.6 Å². The summed E-state index contributed by atoms with van der Waals surface area (Å²) < 4.78 is 34.1. The number of carbonyl (C=O) groups is 2. The number of amides is 1. The van der Waals surface area contributed by atoms with Gasteiger partial charge in [0.05, 0.1) is 0 Å². The second-order valence-electron chi connectivity index (χ2n) is 5.55. The SMILES string of the molecule is CC(=O)Nc1ccc(C=C2N=C(c3cccc(OC(F)F)c3)OC2=O)cc1. The molecule has 0 unspecified atom stereocenters. The fourth-order valence-corrected chi connectivity index (χ4v) is 2.36. The average Bonchev–Trinajstić information content (AvgIpc) is 2.97. The second kappa shape index (κ2) is 7.77. The number of rotatable bonds is 5. The highest BCUT2D eigenvalue weighted by Gasteiger charge is 2.24. The zero-order valence-corrected chi connectivity index (χ0v) is 14.1. The van der Waals surface area contributed by atoms with E-state index in [1.807, 2.05) is 0 Å². The van der Waals surface area contributed by atoms with E-state index in [2.05, 4.69) is 15.0 Å². The Morgan fingerprint density at radius 2 is 1.96 bits per heavy atom. The van der Waals surface area contributed by atoms with Gasteiger partial charge in [-0.2, -0.15) is 8.78 Å². The molecule has 0 spiro atoms. The third-order valence-corrected chi connectivity index (χ3v) is 3.46. The number of anilines is 1. The maximum Gasteiger partial charge on any atom is 0.387 e. The molecule has 138 valence electrons. The molecule has 0 bridgehead atoms. The molecule has 2 aromatic rings. The summed E-state index contributed by atoms with van der Waals surface area (Å²) >= 11 is 0. The van der Waals surface area contributed by atoms with Gasteiger partial charge in [0.25, 0.3) is 0 Å². The smallest absolute Gasteiger partial charge is 0.387 e. The third-order valence-electron chi connectivity index (χ3n) is 3.46. The van der Waals surface area contributed by atoms with Crippen molar-refractivity contribution in [1.29, 1.82) is 0 Å². The van der Waals surface area contributed by atoms with Crippen LogP contribution in [0.3, 0.4) is 0 Å². The zero-order chi connectivity index (χ0) is 19.4. The van der Waals surface area contributed by atoms with Crippen molar-refractivity contribution in [2.45, 2.75) is 13.5 Å². The van der Waals surface area contributed by atoms with Crippen LogP contribution >= 0.6 is 0 Å². The van der Waals surface area contributed by atoms with Crippen molar-refractivity contribution in [3.8, 4) is 5.75 Å². The topological polar surface area (TPSA) is 77.0 Å². The van der Waals surface area contributed by atoms with Gasteiger partial charge in [0.15, 0.2) is 5.70 Å². The molecule has 1 heterocycles. The minimum atomic E-state index is -2.95. The van der Waals surface area contributed by atoms with E-state index in [4.69, 9.17) is 4.74 Å². The van der Waals surface area contributed by atoms with Crippen LogP contribution in [-0.2, 0) is 14.3 Å². The quantitative estimate of drug-likeness (QED) is 0.643. The summed E-state index contributed by atoms with van der Waals surface area (Å²) in [7, 11) is 0. The minimum absolute atomic E-state index is 0.000771. The molecule has 27 heavy (non-hydrogen) atoms. The lowest BCUT2D eigenvalue weighted by atomic mass is 10.1. The number of hydrogen-bond donors (Lipinski definition) is 1. The number of esters is 1. The van der Waals surface area contributed by atoms with Gasteiger partial charge in [-0.25, -0.2) is 9.79 Å². The zero-order valence-electron chi connectivity index (χ0n) is 14.1. The Labute approximate surface area is 153 Å². The summed E-state index contributed by atoms with van der Waals surface area (Å²) in [5.74, 6) is -0.906. The Balaban J connectivity index is 1.81. The molecule has 6 nitrogen and oxygen atoms in total. The molecule has 2 aromatic carbocycles. The average molecular weight is 372 g/mol. The molecular weight excluding hydrogens is 358 g/mol. The first-order valence-electron chi connectivity index (χ1n) is 7.86. The predicted octanol–water partition coefficient (Wildman–Crippen LogP) is 3.59. The van der Waals surface area contributed by atoms with Gasteiger partial charge in [0, 0.05) is 18.2 Å². The number of cyclic esters (lactones) is 1. The normalized spacial score (nSPS) is 14.9. The van der Waals surface area contributed by atoms with Gasteiger partial charge in [-0.3, -0.25) is 4.79 Å². The summed E-state index contributed by atoms with van der Waals surface area (Å²) in [5, 5.41) is 2.64. The molecule has 0 saturated heterocycles. The third kappa shape index (κ3) is 4.75. The number of halogens is 2. The first kappa shape index (κ1) is 18.2. The molecule has 8 heteroatoms. The fraction of sp³-hybridized carbons (Fsp3) is 0.105. The molecule has 0 atom stereocenters. The number of alkyl halides is 2. The summed E-state index contributed by atoms with van der Waals surface area (Å²) in [4.78, 5) is 27.2. The number of carbonyl (C=O) groups excluding carboxylic acids is 2. The van der Waals surface area contributed by atoms with Crippen molar-refractivity contribution in [3.05, 3.63) is 65.4 Å². The van der Waals surface area contributed by atoms with Crippen molar-refractivity contribution in [2.75, 3.05) is 5.32 Å². The lowest BCUT2D eigenvalue weighted by Gasteiger charge is -2.05. The lowest BCUT2D eigenvalue weighted by Crippen LogP contribution is -2.07. The molecule has 0 fully saturated rings. The van der Waals surface area contributed by atoms with Crippen molar-refractivity contribution in [1.82, 2.24) is 0 Å². The Morgan fingerprint density at radius 3 is 2.63 bits per heavy atom. The Kier molecular flexibility index (Phi) is 5.25. The lowest BCUT2D eigenvalue weighted by molar-refractivity contribution is -0.130. The van der Waals surface area contributed by atoms with E-state index in [0.717, 1.165) is 0 Å². The van der Waals surface area contributed by atoms with Crippen LogP contribution in [0.15, 0.2) is 59.2 Å². The minimum Gasteiger partial charge on any atom is -0.435 e. The van der Waals surface area contributed by atoms with Crippen LogP contribution in [-0.4, -0.2) is 24.4 Å². The van der Waals surface area contributed by atoms with Crippen LogP contribution in [0.4, 0.5) is 14.5 Å². The summed E-state index contributed by atoms with van der Waals surface area (Å²) in [6.45, 7) is -1.55.